The molecule has 0 bridgehead atoms. The minimum Gasteiger partial charge on any atom is -0.328 e. The zero-order valence-electron chi connectivity index (χ0n) is 10.7. The van der Waals surface area contributed by atoms with Crippen molar-refractivity contribution in [2.75, 3.05) is 5.32 Å². The van der Waals surface area contributed by atoms with E-state index < -0.39 is 0 Å². The summed E-state index contributed by atoms with van der Waals surface area (Å²) in [6.45, 7) is 3.92. The lowest BCUT2D eigenvalue weighted by Crippen LogP contribution is -2.37. The van der Waals surface area contributed by atoms with E-state index in [4.69, 9.17) is 5.73 Å². The number of hydrogen-bond acceptors (Lipinski definition) is 3. The molecule has 3 N–H and O–H groups in total. The first-order valence-electron chi connectivity index (χ1n) is 6.36. The normalized spacial score (nSPS) is 29.2. The average molecular weight is 262 g/mol. The highest BCUT2D eigenvalue weighted by Crippen LogP contribution is 2.45. The van der Waals surface area contributed by atoms with Gasteiger partial charge in [-0.1, -0.05) is 6.07 Å². The van der Waals surface area contributed by atoms with Crippen LogP contribution in [0.3, 0.4) is 0 Å². The molecule has 1 aromatic rings. The molecular weight excluding hydrogens is 244 g/mol. The molecule has 1 aromatic carbocycles. The summed E-state index contributed by atoms with van der Waals surface area (Å²) in [5.74, 6) is 0.685. The predicted molar refractivity (Wildman–Crippen MR) is 75.0 cm³/mol. The van der Waals surface area contributed by atoms with Crippen molar-refractivity contribution in [1.29, 1.82) is 0 Å². The van der Waals surface area contributed by atoms with E-state index in [-0.39, 0.29) is 10.7 Å². The van der Waals surface area contributed by atoms with Crippen LogP contribution in [0.25, 0.3) is 0 Å². The summed E-state index contributed by atoms with van der Waals surface area (Å²) in [7, 11) is 0. The highest BCUT2D eigenvalue weighted by Gasteiger charge is 2.35. The van der Waals surface area contributed by atoms with Gasteiger partial charge in [0.15, 0.2) is 0 Å². The molecule has 0 aromatic heterocycles. The van der Waals surface area contributed by atoms with Gasteiger partial charge in [-0.25, -0.2) is 0 Å². The van der Waals surface area contributed by atoms with Gasteiger partial charge in [0.2, 0.25) is 5.91 Å². The van der Waals surface area contributed by atoms with E-state index in [9.17, 15) is 4.79 Å². The van der Waals surface area contributed by atoms with Crippen molar-refractivity contribution >= 4 is 23.4 Å². The number of carbonyl (C=O) groups is 1. The summed E-state index contributed by atoms with van der Waals surface area (Å²) in [4.78, 5) is 13.0. The lowest BCUT2D eigenvalue weighted by molar-refractivity contribution is -0.117. The summed E-state index contributed by atoms with van der Waals surface area (Å²) >= 11 is 1.65. The molecule has 1 aliphatic carbocycles. The predicted octanol–water partition coefficient (Wildman–Crippen LogP) is 2.71. The fourth-order valence-corrected chi connectivity index (χ4v) is 3.63. The minimum absolute atomic E-state index is 0.0819. The molecule has 1 aliphatic heterocycles. The van der Waals surface area contributed by atoms with Crippen LogP contribution < -0.4 is 11.1 Å². The molecule has 2 aliphatic rings. The van der Waals surface area contributed by atoms with Crippen molar-refractivity contribution in [2.45, 2.75) is 48.3 Å². The Balaban J connectivity index is 1.89. The summed E-state index contributed by atoms with van der Waals surface area (Å²) in [5.41, 5.74) is 8.14. The van der Waals surface area contributed by atoms with Gasteiger partial charge in [0.1, 0.15) is 0 Å². The van der Waals surface area contributed by atoms with Gasteiger partial charge in [-0.05, 0) is 50.3 Å². The third-order valence-electron chi connectivity index (χ3n) is 3.81. The smallest absolute Gasteiger partial charge is 0.240 e. The second-order valence-electron chi connectivity index (χ2n) is 5.75. The molecule has 0 radical (unpaired) electrons. The number of anilines is 1. The average Bonchev–Trinajstić information content (AvgIpc) is 2.25. The van der Waals surface area contributed by atoms with E-state index >= 15 is 0 Å². The van der Waals surface area contributed by atoms with Crippen molar-refractivity contribution < 1.29 is 4.79 Å². The zero-order valence-corrected chi connectivity index (χ0v) is 11.5. The van der Waals surface area contributed by atoms with Crippen molar-refractivity contribution in [1.82, 2.24) is 0 Å². The Bertz CT molecular complexity index is 507. The Labute approximate surface area is 112 Å². The van der Waals surface area contributed by atoms with Crippen LogP contribution in [-0.2, 0) is 4.79 Å². The van der Waals surface area contributed by atoms with E-state index in [0.717, 1.165) is 18.5 Å². The lowest BCUT2D eigenvalue weighted by atomic mass is 9.76. The maximum Gasteiger partial charge on any atom is 0.240 e. The van der Waals surface area contributed by atoms with Crippen LogP contribution in [0.5, 0.6) is 0 Å². The number of nitrogens with two attached hydrogens (primary N) is 1. The Hall–Kier alpha value is -1.00. The van der Waals surface area contributed by atoms with Crippen LogP contribution in [0.2, 0.25) is 0 Å². The van der Waals surface area contributed by atoms with E-state index in [1.165, 1.54) is 10.5 Å². The maximum absolute atomic E-state index is 11.9. The first-order valence-corrected chi connectivity index (χ1v) is 7.17. The zero-order chi connectivity index (χ0) is 12.9. The van der Waals surface area contributed by atoms with Crippen LogP contribution in [0.15, 0.2) is 23.1 Å². The fraction of sp³-hybridized carbons (Fsp3) is 0.500. The quantitative estimate of drug-likeness (QED) is 0.818. The number of hydrogen-bond donors (Lipinski definition) is 2. The monoisotopic (exact) mass is 262 g/mol. The number of benzene rings is 1. The van der Waals surface area contributed by atoms with E-state index in [2.05, 4.69) is 17.4 Å². The highest BCUT2D eigenvalue weighted by atomic mass is 32.2. The standard InChI is InChI=1S/C14H18N2OS/c1-14(2)13(17)16-11-4-3-8(7-12(11)18-14)9-5-10(15)6-9/h3-4,7,9-10H,5-6,15H2,1-2H3,(H,16,17). The van der Waals surface area contributed by atoms with Gasteiger partial charge in [0.25, 0.3) is 0 Å². The fourth-order valence-electron chi connectivity index (χ4n) is 2.51. The molecule has 18 heavy (non-hydrogen) atoms. The van der Waals surface area contributed by atoms with Crippen molar-refractivity contribution in [3.63, 3.8) is 0 Å². The van der Waals surface area contributed by atoms with Crippen LogP contribution in [0, 0.1) is 0 Å². The van der Waals surface area contributed by atoms with Crippen LogP contribution >= 0.6 is 11.8 Å². The van der Waals surface area contributed by atoms with Gasteiger partial charge in [-0.3, -0.25) is 4.79 Å². The van der Waals surface area contributed by atoms with E-state index in [1.54, 1.807) is 11.8 Å². The largest absolute Gasteiger partial charge is 0.328 e. The Morgan fingerprint density at radius 2 is 2.11 bits per heavy atom. The number of thioether (sulfide) groups is 1. The SMILES string of the molecule is CC1(C)Sc2cc(C3CC(N)C3)ccc2NC1=O. The number of rotatable bonds is 1. The number of nitrogens with one attached hydrogen (secondary N) is 1. The van der Waals surface area contributed by atoms with Crippen molar-refractivity contribution in [3.8, 4) is 0 Å². The van der Waals surface area contributed by atoms with Gasteiger partial charge < -0.3 is 11.1 Å². The molecular formula is C14H18N2OS. The molecule has 0 unspecified atom stereocenters. The van der Waals surface area contributed by atoms with E-state index in [1.807, 2.05) is 19.9 Å². The molecule has 4 heteroatoms. The summed E-state index contributed by atoms with van der Waals surface area (Å²) < 4.78 is -0.387. The molecule has 0 atom stereocenters. The first-order chi connectivity index (χ1) is 8.45. The van der Waals surface area contributed by atoms with Crippen LogP contribution in [0.1, 0.15) is 38.2 Å². The second kappa shape index (κ2) is 4.00. The number of amides is 1. The second-order valence-corrected chi connectivity index (χ2v) is 7.42. The maximum atomic E-state index is 11.9. The Morgan fingerprint density at radius 3 is 2.78 bits per heavy atom. The minimum atomic E-state index is -0.387. The molecule has 3 rings (SSSR count). The van der Waals surface area contributed by atoms with Gasteiger partial charge in [-0.2, -0.15) is 0 Å². The van der Waals surface area contributed by atoms with Gasteiger partial charge >= 0.3 is 0 Å². The molecule has 1 heterocycles. The van der Waals surface area contributed by atoms with E-state index in [0.29, 0.717) is 12.0 Å². The van der Waals surface area contributed by atoms with Gasteiger partial charge in [0.05, 0.1) is 10.4 Å². The molecule has 96 valence electrons. The molecule has 1 saturated carbocycles. The van der Waals surface area contributed by atoms with Crippen molar-refractivity contribution in [2.24, 2.45) is 5.73 Å². The third kappa shape index (κ3) is 1.93. The van der Waals surface area contributed by atoms with Crippen LogP contribution in [0.4, 0.5) is 5.69 Å². The van der Waals surface area contributed by atoms with Gasteiger partial charge in [-0.15, -0.1) is 11.8 Å². The summed E-state index contributed by atoms with van der Waals surface area (Å²) in [5, 5.41) is 2.98. The highest BCUT2D eigenvalue weighted by molar-refractivity contribution is 8.01. The molecule has 1 fully saturated rings. The molecule has 1 amide bonds. The third-order valence-corrected chi connectivity index (χ3v) is 5.07. The Kier molecular flexibility index (Phi) is 2.68. The van der Waals surface area contributed by atoms with Crippen LogP contribution in [-0.4, -0.2) is 16.7 Å². The molecule has 0 saturated heterocycles. The number of carbonyl (C=O) groups excluding carboxylic acids is 1. The van der Waals surface area contributed by atoms with Crippen molar-refractivity contribution in [3.05, 3.63) is 23.8 Å². The summed E-state index contributed by atoms with van der Waals surface area (Å²) in [6.07, 6.45) is 2.17. The summed E-state index contributed by atoms with van der Waals surface area (Å²) in [6, 6.07) is 6.73. The lowest BCUT2D eigenvalue weighted by Gasteiger charge is -2.35. The first kappa shape index (κ1) is 12.1. The molecule has 3 nitrogen and oxygen atoms in total. The number of fused-ring (bicyclic) bond motifs is 1. The Morgan fingerprint density at radius 1 is 1.39 bits per heavy atom. The topological polar surface area (TPSA) is 55.1 Å². The molecule has 0 spiro atoms. The van der Waals surface area contributed by atoms with Gasteiger partial charge in [0, 0.05) is 10.9 Å².